The van der Waals surface area contributed by atoms with Gasteiger partial charge in [0.25, 0.3) is 5.91 Å². The number of carbonyl (C=O) groups excluding carboxylic acids is 1. The first kappa shape index (κ1) is 13.5. The van der Waals surface area contributed by atoms with Crippen molar-refractivity contribution in [1.29, 1.82) is 0 Å². The van der Waals surface area contributed by atoms with Gasteiger partial charge in [0.05, 0.1) is 4.88 Å². The largest absolute Gasteiger partial charge is 0.351 e. The summed E-state index contributed by atoms with van der Waals surface area (Å²) in [6, 6.07) is 4.25. The lowest BCUT2D eigenvalue weighted by Gasteiger charge is -2.20. The Balaban J connectivity index is 1.77. The van der Waals surface area contributed by atoms with Gasteiger partial charge in [-0.1, -0.05) is 13.0 Å². The highest BCUT2D eigenvalue weighted by atomic mass is 32.1. The summed E-state index contributed by atoms with van der Waals surface area (Å²) in [6.07, 6.45) is 1.14. The molecule has 4 nitrogen and oxygen atoms in total. The molecule has 18 heavy (non-hydrogen) atoms. The second-order valence-corrected chi connectivity index (χ2v) is 5.61. The van der Waals surface area contributed by atoms with E-state index in [4.69, 9.17) is 0 Å². The van der Waals surface area contributed by atoms with Crippen LogP contribution in [0.15, 0.2) is 17.5 Å². The summed E-state index contributed by atoms with van der Waals surface area (Å²) < 4.78 is 0. The van der Waals surface area contributed by atoms with Gasteiger partial charge in [-0.2, -0.15) is 0 Å². The Morgan fingerprint density at radius 3 is 3.17 bits per heavy atom. The van der Waals surface area contributed by atoms with Crippen LogP contribution in [0.3, 0.4) is 0 Å². The quantitative estimate of drug-likeness (QED) is 0.722. The van der Waals surface area contributed by atoms with Crippen LogP contribution in [0.2, 0.25) is 0 Å². The molecule has 0 saturated carbocycles. The molecule has 1 amide bonds. The molecular formula is C13H21N3OS. The van der Waals surface area contributed by atoms with Crippen LogP contribution in [0.5, 0.6) is 0 Å². The van der Waals surface area contributed by atoms with E-state index in [1.165, 1.54) is 11.3 Å². The van der Waals surface area contributed by atoms with Gasteiger partial charge in [-0.3, -0.25) is 4.79 Å². The monoisotopic (exact) mass is 267 g/mol. The predicted molar refractivity (Wildman–Crippen MR) is 75.1 cm³/mol. The molecule has 5 heteroatoms. The molecule has 1 aromatic heterocycles. The molecular weight excluding hydrogens is 246 g/mol. The van der Waals surface area contributed by atoms with Crippen molar-refractivity contribution >= 4 is 17.2 Å². The fourth-order valence-electron chi connectivity index (χ4n) is 2.23. The Labute approximate surface area is 112 Å². The molecule has 2 atom stereocenters. The Bertz CT molecular complexity index is 366. The van der Waals surface area contributed by atoms with Gasteiger partial charge in [0.15, 0.2) is 0 Å². The zero-order valence-electron chi connectivity index (χ0n) is 10.7. The number of thiophene rings is 1. The molecule has 1 saturated heterocycles. The fourth-order valence-corrected chi connectivity index (χ4v) is 2.87. The van der Waals surface area contributed by atoms with Crippen molar-refractivity contribution in [2.75, 3.05) is 26.2 Å². The van der Waals surface area contributed by atoms with Gasteiger partial charge in [0.2, 0.25) is 0 Å². The third kappa shape index (κ3) is 3.54. The van der Waals surface area contributed by atoms with E-state index in [0.717, 1.165) is 37.5 Å². The molecule has 3 N–H and O–H groups in total. The number of nitrogens with one attached hydrogen (secondary N) is 3. The summed E-state index contributed by atoms with van der Waals surface area (Å²) in [7, 11) is 0. The smallest absolute Gasteiger partial charge is 0.261 e. The summed E-state index contributed by atoms with van der Waals surface area (Å²) in [5.74, 6) is 0.534. The van der Waals surface area contributed by atoms with E-state index in [1.54, 1.807) is 0 Å². The molecule has 2 heterocycles. The minimum absolute atomic E-state index is 0.0474. The zero-order valence-corrected chi connectivity index (χ0v) is 11.6. The first-order valence-electron chi connectivity index (χ1n) is 6.57. The van der Waals surface area contributed by atoms with E-state index < -0.39 is 0 Å². The summed E-state index contributed by atoms with van der Waals surface area (Å²) in [6.45, 7) is 5.93. The highest BCUT2D eigenvalue weighted by Gasteiger charge is 2.26. The van der Waals surface area contributed by atoms with Gasteiger partial charge in [-0.15, -0.1) is 11.3 Å². The van der Waals surface area contributed by atoms with Crippen molar-refractivity contribution in [2.24, 2.45) is 5.92 Å². The number of carbonyl (C=O) groups is 1. The fraction of sp³-hybridized carbons (Fsp3) is 0.615. The topological polar surface area (TPSA) is 53.2 Å². The summed E-state index contributed by atoms with van der Waals surface area (Å²) in [5.41, 5.74) is 0. The van der Waals surface area contributed by atoms with Crippen LogP contribution in [-0.4, -0.2) is 38.1 Å². The Kier molecular flexibility index (Phi) is 5.16. The molecule has 2 unspecified atom stereocenters. The predicted octanol–water partition coefficient (Wildman–Crippen LogP) is 1.07. The average molecular weight is 267 g/mol. The van der Waals surface area contributed by atoms with Gasteiger partial charge in [0.1, 0.15) is 0 Å². The Morgan fingerprint density at radius 1 is 1.56 bits per heavy atom. The highest BCUT2D eigenvalue weighted by Crippen LogP contribution is 2.10. The van der Waals surface area contributed by atoms with Crippen LogP contribution < -0.4 is 16.0 Å². The lowest BCUT2D eigenvalue weighted by atomic mass is 10.0. The Hall–Kier alpha value is -0.910. The van der Waals surface area contributed by atoms with Crippen molar-refractivity contribution in [3.05, 3.63) is 22.4 Å². The third-order valence-electron chi connectivity index (χ3n) is 3.27. The van der Waals surface area contributed by atoms with Gasteiger partial charge in [-0.25, -0.2) is 0 Å². The van der Waals surface area contributed by atoms with Gasteiger partial charge in [-0.05, 0) is 24.4 Å². The second kappa shape index (κ2) is 6.87. The molecule has 1 aromatic rings. The molecule has 0 radical (unpaired) electrons. The van der Waals surface area contributed by atoms with Crippen molar-refractivity contribution in [3.63, 3.8) is 0 Å². The highest BCUT2D eigenvalue weighted by molar-refractivity contribution is 7.12. The maximum Gasteiger partial charge on any atom is 0.261 e. The SMILES string of the molecule is CCCNC1CNCC1CNC(=O)c1cccs1. The molecule has 100 valence electrons. The van der Waals surface area contributed by atoms with Crippen LogP contribution in [-0.2, 0) is 0 Å². The van der Waals surface area contributed by atoms with Crippen LogP contribution in [0.25, 0.3) is 0 Å². The Morgan fingerprint density at radius 2 is 2.44 bits per heavy atom. The molecule has 0 spiro atoms. The van der Waals surface area contributed by atoms with E-state index in [9.17, 15) is 4.79 Å². The maximum atomic E-state index is 11.8. The minimum Gasteiger partial charge on any atom is -0.351 e. The van der Waals surface area contributed by atoms with E-state index >= 15 is 0 Å². The number of hydrogen-bond donors (Lipinski definition) is 3. The van der Waals surface area contributed by atoms with Crippen LogP contribution in [0.1, 0.15) is 23.0 Å². The standard InChI is InChI=1S/C13H21N3OS/c1-2-5-15-11-9-14-7-10(11)8-16-13(17)12-4-3-6-18-12/h3-4,6,10-11,14-15H,2,5,7-9H2,1H3,(H,16,17). The van der Waals surface area contributed by atoms with E-state index in [2.05, 4.69) is 22.9 Å². The third-order valence-corrected chi connectivity index (χ3v) is 4.13. The number of hydrogen-bond acceptors (Lipinski definition) is 4. The zero-order chi connectivity index (χ0) is 12.8. The molecule has 1 fully saturated rings. The minimum atomic E-state index is 0.0474. The van der Waals surface area contributed by atoms with Crippen LogP contribution in [0, 0.1) is 5.92 Å². The molecule has 1 aliphatic heterocycles. The summed E-state index contributed by atoms with van der Waals surface area (Å²) in [5, 5.41) is 11.9. The van der Waals surface area contributed by atoms with E-state index in [0.29, 0.717) is 12.0 Å². The van der Waals surface area contributed by atoms with Crippen molar-refractivity contribution < 1.29 is 4.79 Å². The number of rotatable bonds is 6. The second-order valence-electron chi connectivity index (χ2n) is 4.67. The lowest BCUT2D eigenvalue weighted by Crippen LogP contribution is -2.41. The normalized spacial score (nSPS) is 23.2. The van der Waals surface area contributed by atoms with Gasteiger partial charge < -0.3 is 16.0 Å². The first-order chi connectivity index (χ1) is 8.81. The lowest BCUT2D eigenvalue weighted by molar-refractivity contribution is 0.0950. The average Bonchev–Trinajstić information content (AvgIpc) is 3.04. The van der Waals surface area contributed by atoms with Gasteiger partial charge >= 0.3 is 0 Å². The van der Waals surface area contributed by atoms with E-state index in [-0.39, 0.29) is 5.91 Å². The molecule has 1 aliphatic rings. The van der Waals surface area contributed by atoms with Crippen molar-refractivity contribution in [1.82, 2.24) is 16.0 Å². The van der Waals surface area contributed by atoms with Crippen molar-refractivity contribution in [2.45, 2.75) is 19.4 Å². The van der Waals surface area contributed by atoms with Crippen LogP contribution >= 0.6 is 11.3 Å². The van der Waals surface area contributed by atoms with Crippen molar-refractivity contribution in [3.8, 4) is 0 Å². The summed E-state index contributed by atoms with van der Waals surface area (Å²) in [4.78, 5) is 12.6. The van der Waals surface area contributed by atoms with E-state index in [1.807, 2.05) is 17.5 Å². The molecule has 0 aliphatic carbocycles. The number of amides is 1. The summed E-state index contributed by atoms with van der Waals surface area (Å²) >= 11 is 1.48. The molecule has 0 aromatic carbocycles. The molecule has 0 bridgehead atoms. The van der Waals surface area contributed by atoms with Crippen LogP contribution in [0.4, 0.5) is 0 Å². The first-order valence-corrected chi connectivity index (χ1v) is 7.45. The van der Waals surface area contributed by atoms with Gasteiger partial charge in [0, 0.05) is 31.6 Å². The molecule has 2 rings (SSSR count). The maximum absolute atomic E-state index is 11.8.